The zero-order valence-electron chi connectivity index (χ0n) is 7.50. The third-order valence-corrected chi connectivity index (χ3v) is 2.18. The van der Waals surface area contributed by atoms with Gasteiger partial charge in [0.2, 0.25) is 0 Å². The lowest BCUT2D eigenvalue weighted by Crippen LogP contribution is -2.11. The van der Waals surface area contributed by atoms with E-state index < -0.39 is 15.9 Å². The van der Waals surface area contributed by atoms with Crippen molar-refractivity contribution in [1.82, 2.24) is 0 Å². The fraction of sp³-hybridized carbons (Fsp3) is 0.250. The molecule has 0 radical (unpaired) electrons. The highest BCUT2D eigenvalue weighted by molar-refractivity contribution is 6.18. The second-order valence-electron chi connectivity index (χ2n) is 2.80. The van der Waals surface area contributed by atoms with Crippen molar-refractivity contribution in [2.24, 2.45) is 0 Å². The van der Waals surface area contributed by atoms with Crippen molar-refractivity contribution in [1.29, 1.82) is 0 Å². The Bertz CT molecular complexity index is 379. The molecule has 0 saturated carbocycles. The van der Waals surface area contributed by atoms with Crippen molar-refractivity contribution in [3.05, 3.63) is 50.1 Å². The molecule has 0 aromatic heterocycles. The Morgan fingerprint density at radius 3 is 2.07 bits per heavy atom. The molecule has 0 unspecified atom stereocenters. The van der Waals surface area contributed by atoms with Crippen LogP contribution in [0.1, 0.15) is 11.6 Å². The van der Waals surface area contributed by atoms with E-state index in [0.29, 0.717) is 5.56 Å². The van der Waals surface area contributed by atoms with Crippen molar-refractivity contribution in [3.8, 4) is 0 Å². The largest absolute Gasteiger partial charge is 0.269 e. The standard InChI is InChI=1S/C8H7ClN2O4/c9-5-8(11(14)15)6-1-3-7(4-2-6)10(12)13/h1-4,8H,5H2/t8-/m1/s1. The van der Waals surface area contributed by atoms with Crippen LogP contribution in [0.2, 0.25) is 0 Å². The van der Waals surface area contributed by atoms with Gasteiger partial charge in [-0.25, -0.2) is 0 Å². The Kier molecular flexibility index (Phi) is 3.56. The summed E-state index contributed by atoms with van der Waals surface area (Å²) in [4.78, 5) is 19.8. The van der Waals surface area contributed by atoms with Crippen LogP contribution in [-0.4, -0.2) is 15.7 Å². The van der Waals surface area contributed by atoms with Crippen molar-refractivity contribution in [2.45, 2.75) is 6.04 Å². The van der Waals surface area contributed by atoms with Gasteiger partial charge in [0.25, 0.3) is 11.7 Å². The molecule has 0 fully saturated rings. The molecular formula is C8H7ClN2O4. The summed E-state index contributed by atoms with van der Waals surface area (Å²) in [5, 5.41) is 20.9. The molecule has 1 aromatic rings. The molecule has 0 bridgehead atoms. The fourth-order valence-corrected chi connectivity index (χ4v) is 1.38. The molecule has 0 heterocycles. The number of alkyl halides is 1. The average molecular weight is 231 g/mol. The zero-order chi connectivity index (χ0) is 11.4. The quantitative estimate of drug-likeness (QED) is 0.450. The third-order valence-electron chi connectivity index (χ3n) is 1.89. The van der Waals surface area contributed by atoms with Crippen molar-refractivity contribution in [3.63, 3.8) is 0 Å². The first kappa shape index (κ1) is 11.4. The Morgan fingerprint density at radius 1 is 1.20 bits per heavy atom. The van der Waals surface area contributed by atoms with Crippen LogP contribution >= 0.6 is 11.6 Å². The minimum absolute atomic E-state index is 0.101. The molecule has 15 heavy (non-hydrogen) atoms. The van der Waals surface area contributed by atoms with E-state index >= 15 is 0 Å². The summed E-state index contributed by atoms with van der Waals surface area (Å²) >= 11 is 5.42. The van der Waals surface area contributed by atoms with E-state index in [1.165, 1.54) is 24.3 Å². The molecule has 0 amide bonds. The molecule has 0 spiro atoms. The van der Waals surface area contributed by atoms with Crippen molar-refractivity contribution in [2.75, 3.05) is 5.88 Å². The summed E-state index contributed by atoms with van der Waals surface area (Å²) in [7, 11) is 0. The SMILES string of the molecule is O=[N+]([O-])c1ccc([C@@H](CCl)[N+](=O)[O-])cc1. The maximum Gasteiger partial charge on any atom is 0.269 e. The van der Waals surface area contributed by atoms with Gasteiger partial charge in [0.15, 0.2) is 0 Å². The number of nitrogens with zero attached hydrogens (tertiary/aromatic N) is 2. The Balaban J connectivity index is 2.97. The summed E-state index contributed by atoms with van der Waals surface area (Å²) < 4.78 is 0. The van der Waals surface area contributed by atoms with Crippen molar-refractivity contribution >= 4 is 17.3 Å². The van der Waals surface area contributed by atoms with Crippen LogP contribution in [-0.2, 0) is 0 Å². The number of benzene rings is 1. The van der Waals surface area contributed by atoms with Crippen molar-refractivity contribution < 1.29 is 9.85 Å². The molecule has 1 atom stereocenters. The second kappa shape index (κ2) is 4.70. The van der Waals surface area contributed by atoms with Gasteiger partial charge in [-0.1, -0.05) is 0 Å². The molecule has 6 nitrogen and oxygen atoms in total. The molecule has 80 valence electrons. The normalized spacial score (nSPS) is 12.1. The van der Waals surface area contributed by atoms with E-state index in [1.807, 2.05) is 0 Å². The number of hydrogen-bond donors (Lipinski definition) is 0. The summed E-state index contributed by atoms with van der Waals surface area (Å²) in [6, 6.07) is 4.10. The topological polar surface area (TPSA) is 86.3 Å². The summed E-state index contributed by atoms with van der Waals surface area (Å²) in [6.45, 7) is 0. The number of nitro benzene ring substituents is 1. The minimum Gasteiger partial charge on any atom is -0.264 e. The highest BCUT2D eigenvalue weighted by Crippen LogP contribution is 2.20. The monoisotopic (exact) mass is 230 g/mol. The number of hydrogen-bond acceptors (Lipinski definition) is 4. The molecule has 7 heteroatoms. The first-order valence-corrected chi connectivity index (χ1v) is 4.53. The van der Waals surface area contributed by atoms with Crippen LogP contribution < -0.4 is 0 Å². The van der Waals surface area contributed by atoms with E-state index in [-0.39, 0.29) is 11.6 Å². The van der Waals surface area contributed by atoms with E-state index in [4.69, 9.17) is 11.6 Å². The zero-order valence-corrected chi connectivity index (χ0v) is 8.26. The molecule has 0 aliphatic heterocycles. The van der Waals surface area contributed by atoms with Crippen LogP contribution in [0.15, 0.2) is 24.3 Å². The fourth-order valence-electron chi connectivity index (χ4n) is 1.09. The molecule has 0 aliphatic rings. The summed E-state index contributed by atoms with van der Waals surface area (Å²) in [6.07, 6.45) is 0. The van der Waals surface area contributed by atoms with Crippen LogP contribution in [0.4, 0.5) is 5.69 Å². The molecule has 0 N–H and O–H groups in total. The van der Waals surface area contributed by atoms with Crippen LogP contribution in [0, 0.1) is 20.2 Å². The molecule has 0 saturated heterocycles. The van der Waals surface area contributed by atoms with Gasteiger partial charge >= 0.3 is 0 Å². The van der Waals surface area contributed by atoms with E-state index in [0.717, 1.165) is 0 Å². The van der Waals surface area contributed by atoms with Gasteiger partial charge in [0.1, 0.15) is 0 Å². The maximum atomic E-state index is 10.5. The average Bonchev–Trinajstić information content (AvgIpc) is 2.19. The van der Waals surface area contributed by atoms with Gasteiger partial charge in [-0.3, -0.25) is 20.2 Å². The third kappa shape index (κ3) is 2.63. The number of halogens is 1. The molecular weight excluding hydrogens is 224 g/mol. The molecule has 1 rings (SSSR count). The van der Waals surface area contributed by atoms with E-state index in [1.54, 1.807) is 0 Å². The molecule has 1 aromatic carbocycles. The predicted octanol–water partition coefficient (Wildman–Crippen LogP) is 2.15. The van der Waals surface area contributed by atoms with Gasteiger partial charge < -0.3 is 0 Å². The smallest absolute Gasteiger partial charge is 0.264 e. The van der Waals surface area contributed by atoms with Gasteiger partial charge in [0.05, 0.1) is 10.8 Å². The first-order chi connectivity index (χ1) is 7.06. The van der Waals surface area contributed by atoms with Gasteiger partial charge in [-0.2, -0.15) is 0 Å². The van der Waals surface area contributed by atoms with Crippen LogP contribution in [0.3, 0.4) is 0 Å². The Hall–Kier alpha value is -1.69. The summed E-state index contributed by atoms with van der Waals surface area (Å²) in [5.41, 5.74) is 0.260. The highest BCUT2D eigenvalue weighted by Gasteiger charge is 2.21. The molecule has 0 aliphatic carbocycles. The lowest BCUT2D eigenvalue weighted by Gasteiger charge is -2.05. The van der Waals surface area contributed by atoms with Gasteiger partial charge in [-0.15, -0.1) is 11.6 Å². The predicted molar refractivity (Wildman–Crippen MR) is 53.6 cm³/mol. The Morgan fingerprint density at radius 2 is 1.73 bits per heavy atom. The Labute approximate surface area is 89.8 Å². The lowest BCUT2D eigenvalue weighted by atomic mass is 10.1. The number of nitro groups is 2. The van der Waals surface area contributed by atoms with Gasteiger partial charge in [-0.05, 0) is 12.1 Å². The van der Waals surface area contributed by atoms with E-state index in [2.05, 4.69) is 0 Å². The second-order valence-corrected chi connectivity index (χ2v) is 3.11. The summed E-state index contributed by atoms with van der Waals surface area (Å²) in [5.74, 6) is -0.162. The van der Waals surface area contributed by atoms with Crippen LogP contribution in [0.25, 0.3) is 0 Å². The minimum atomic E-state index is -1.02. The number of rotatable bonds is 4. The first-order valence-electron chi connectivity index (χ1n) is 4.00. The van der Waals surface area contributed by atoms with Gasteiger partial charge in [0, 0.05) is 22.6 Å². The maximum absolute atomic E-state index is 10.5. The lowest BCUT2D eigenvalue weighted by molar-refractivity contribution is -0.523. The van der Waals surface area contributed by atoms with Crippen LogP contribution in [0.5, 0.6) is 0 Å². The number of non-ortho nitro benzene ring substituents is 1. The highest BCUT2D eigenvalue weighted by atomic mass is 35.5. The van der Waals surface area contributed by atoms with E-state index in [9.17, 15) is 20.2 Å².